The van der Waals surface area contributed by atoms with Gasteiger partial charge >= 0.3 is 0 Å². The Balaban J connectivity index is 1.31. The molecule has 2 aromatic rings. The van der Waals surface area contributed by atoms with Gasteiger partial charge in [-0.05, 0) is 56.8 Å². The van der Waals surface area contributed by atoms with Gasteiger partial charge in [-0.15, -0.1) is 0 Å². The predicted molar refractivity (Wildman–Crippen MR) is 120 cm³/mol. The van der Waals surface area contributed by atoms with Gasteiger partial charge in [0.2, 0.25) is 10.0 Å². The number of hydrogen-bond acceptors (Lipinski definition) is 5. The van der Waals surface area contributed by atoms with Crippen LogP contribution in [0.3, 0.4) is 0 Å². The summed E-state index contributed by atoms with van der Waals surface area (Å²) in [7, 11) is -3.47. The highest BCUT2D eigenvalue weighted by Crippen LogP contribution is 2.25. The summed E-state index contributed by atoms with van der Waals surface area (Å²) in [5.41, 5.74) is 4.62. The number of hydrogen-bond donors (Lipinski definition) is 1. The maximum absolute atomic E-state index is 12.8. The van der Waals surface area contributed by atoms with Crippen molar-refractivity contribution in [1.82, 2.24) is 19.4 Å². The SMILES string of the molecule is CCc1ccccc1S(=O)(=O)NCC1CCN(Cc2nn(CC)c3c2COCC3)CC1. The van der Waals surface area contributed by atoms with Crippen LogP contribution < -0.4 is 4.72 Å². The van der Waals surface area contributed by atoms with Gasteiger partial charge in [-0.3, -0.25) is 9.58 Å². The lowest BCUT2D eigenvalue weighted by Gasteiger charge is -2.31. The number of nitrogens with zero attached hydrogens (tertiary/aromatic N) is 3. The highest BCUT2D eigenvalue weighted by molar-refractivity contribution is 7.89. The van der Waals surface area contributed by atoms with Crippen molar-refractivity contribution < 1.29 is 13.2 Å². The summed E-state index contributed by atoms with van der Waals surface area (Å²) in [5.74, 6) is 0.366. The molecular formula is C23H34N4O3S. The van der Waals surface area contributed by atoms with Crippen LogP contribution in [0.1, 0.15) is 49.2 Å². The van der Waals surface area contributed by atoms with E-state index in [1.807, 2.05) is 19.1 Å². The van der Waals surface area contributed by atoms with Crippen molar-refractivity contribution in [2.75, 3.05) is 26.2 Å². The second kappa shape index (κ2) is 9.81. The quantitative estimate of drug-likeness (QED) is 0.675. The molecule has 0 spiro atoms. The van der Waals surface area contributed by atoms with Crippen molar-refractivity contribution in [3.63, 3.8) is 0 Å². The summed E-state index contributed by atoms with van der Waals surface area (Å²) >= 11 is 0. The summed E-state index contributed by atoms with van der Waals surface area (Å²) in [6.45, 7) is 9.74. The monoisotopic (exact) mass is 446 g/mol. The van der Waals surface area contributed by atoms with E-state index in [-0.39, 0.29) is 0 Å². The molecule has 2 aliphatic rings. The first-order valence-electron chi connectivity index (χ1n) is 11.5. The number of likely N-dealkylation sites (tertiary alicyclic amines) is 1. The average Bonchev–Trinajstić information content (AvgIpc) is 3.16. The number of nitrogens with one attached hydrogen (secondary N) is 1. The van der Waals surface area contributed by atoms with E-state index in [9.17, 15) is 8.42 Å². The van der Waals surface area contributed by atoms with Crippen LogP contribution in [0.25, 0.3) is 0 Å². The molecule has 0 unspecified atom stereocenters. The minimum absolute atomic E-state index is 0.366. The third-order valence-electron chi connectivity index (χ3n) is 6.56. The van der Waals surface area contributed by atoms with Crippen LogP contribution in [0.4, 0.5) is 0 Å². The summed E-state index contributed by atoms with van der Waals surface area (Å²) < 4.78 is 36.2. The largest absolute Gasteiger partial charge is 0.376 e. The van der Waals surface area contributed by atoms with Gasteiger partial charge in [0.25, 0.3) is 0 Å². The Morgan fingerprint density at radius 1 is 1.19 bits per heavy atom. The summed E-state index contributed by atoms with van der Waals surface area (Å²) in [6.07, 6.45) is 3.63. The van der Waals surface area contributed by atoms with Crippen molar-refractivity contribution >= 4 is 10.0 Å². The number of sulfonamides is 1. The zero-order valence-corrected chi connectivity index (χ0v) is 19.5. The molecule has 1 aromatic heterocycles. The number of fused-ring (bicyclic) bond motifs is 1. The van der Waals surface area contributed by atoms with Crippen LogP contribution >= 0.6 is 0 Å². The Labute approximate surface area is 185 Å². The molecule has 0 radical (unpaired) electrons. The number of piperidine rings is 1. The molecule has 0 atom stereocenters. The lowest BCUT2D eigenvalue weighted by Crippen LogP contribution is -2.38. The van der Waals surface area contributed by atoms with Crippen molar-refractivity contribution in [3.8, 4) is 0 Å². The first kappa shape index (κ1) is 22.5. The van der Waals surface area contributed by atoms with Gasteiger partial charge in [-0.2, -0.15) is 5.10 Å². The van der Waals surface area contributed by atoms with E-state index in [2.05, 4.69) is 21.2 Å². The molecule has 1 aromatic carbocycles. The van der Waals surface area contributed by atoms with Crippen LogP contribution in [0, 0.1) is 5.92 Å². The highest BCUT2D eigenvalue weighted by atomic mass is 32.2. The minimum Gasteiger partial charge on any atom is -0.376 e. The van der Waals surface area contributed by atoms with Gasteiger partial charge in [0.15, 0.2) is 0 Å². The first-order chi connectivity index (χ1) is 15.0. The lowest BCUT2D eigenvalue weighted by molar-refractivity contribution is 0.107. The zero-order valence-electron chi connectivity index (χ0n) is 18.6. The van der Waals surface area contributed by atoms with E-state index >= 15 is 0 Å². The third kappa shape index (κ3) is 5.03. The van der Waals surface area contributed by atoms with Gasteiger partial charge in [0, 0.05) is 37.3 Å². The van der Waals surface area contributed by atoms with Crippen LogP contribution in [0.2, 0.25) is 0 Å². The molecule has 2 aliphatic heterocycles. The van der Waals surface area contributed by atoms with E-state index in [4.69, 9.17) is 9.84 Å². The predicted octanol–water partition coefficient (Wildman–Crippen LogP) is 2.73. The fourth-order valence-corrected chi connectivity index (χ4v) is 6.12. The van der Waals surface area contributed by atoms with E-state index in [0.717, 1.165) is 63.3 Å². The molecule has 1 N–H and O–H groups in total. The molecule has 0 saturated carbocycles. The topological polar surface area (TPSA) is 76.5 Å². The summed E-state index contributed by atoms with van der Waals surface area (Å²) in [6, 6.07) is 7.26. The normalized spacial score (nSPS) is 18.3. The number of ether oxygens (including phenoxy) is 1. The number of benzene rings is 1. The highest BCUT2D eigenvalue weighted by Gasteiger charge is 2.26. The fourth-order valence-electron chi connectivity index (χ4n) is 4.69. The molecule has 8 heteroatoms. The molecule has 0 bridgehead atoms. The van der Waals surface area contributed by atoms with E-state index in [1.165, 1.54) is 11.3 Å². The standard InChI is InChI=1S/C23H34N4O3S/c1-3-19-7-5-6-8-23(19)31(28,29)24-15-18-9-12-26(13-10-18)16-21-20-17-30-14-11-22(20)27(4-2)25-21/h5-8,18,24H,3-4,9-17H2,1-2H3. The van der Waals surface area contributed by atoms with Crippen molar-refractivity contribution in [3.05, 3.63) is 46.8 Å². The molecule has 0 aliphatic carbocycles. The molecule has 7 nitrogen and oxygen atoms in total. The van der Waals surface area contributed by atoms with Crippen LogP contribution in [-0.4, -0.2) is 49.3 Å². The minimum atomic E-state index is -3.47. The first-order valence-corrected chi connectivity index (χ1v) is 12.9. The second-order valence-corrected chi connectivity index (χ2v) is 10.3. The molecular weight excluding hydrogens is 412 g/mol. The zero-order chi connectivity index (χ0) is 21.8. The Morgan fingerprint density at radius 2 is 1.97 bits per heavy atom. The maximum atomic E-state index is 12.8. The van der Waals surface area contributed by atoms with E-state index < -0.39 is 10.0 Å². The van der Waals surface area contributed by atoms with Gasteiger partial charge in [-0.1, -0.05) is 25.1 Å². The second-order valence-electron chi connectivity index (χ2n) is 8.52. The number of aryl methyl sites for hydroxylation is 2. The van der Waals surface area contributed by atoms with Crippen LogP contribution in [0.5, 0.6) is 0 Å². The molecule has 3 heterocycles. The molecule has 1 saturated heterocycles. The number of aromatic nitrogens is 2. The Hall–Kier alpha value is -1.74. The summed E-state index contributed by atoms with van der Waals surface area (Å²) in [4.78, 5) is 2.85. The fraction of sp³-hybridized carbons (Fsp3) is 0.609. The van der Waals surface area contributed by atoms with Gasteiger partial charge in [0.05, 0.1) is 23.8 Å². The van der Waals surface area contributed by atoms with Gasteiger partial charge < -0.3 is 4.74 Å². The van der Waals surface area contributed by atoms with Crippen LogP contribution in [0.15, 0.2) is 29.2 Å². The van der Waals surface area contributed by atoms with Gasteiger partial charge in [-0.25, -0.2) is 13.1 Å². The van der Waals surface area contributed by atoms with E-state index in [1.54, 1.807) is 12.1 Å². The summed E-state index contributed by atoms with van der Waals surface area (Å²) in [5, 5.41) is 4.85. The molecule has 4 rings (SSSR count). The molecule has 0 amide bonds. The van der Waals surface area contributed by atoms with Gasteiger partial charge in [0.1, 0.15) is 0 Å². The molecule has 170 valence electrons. The number of rotatable bonds is 8. The maximum Gasteiger partial charge on any atom is 0.240 e. The van der Waals surface area contributed by atoms with E-state index in [0.29, 0.717) is 30.4 Å². The molecule has 1 fully saturated rings. The third-order valence-corrected chi connectivity index (χ3v) is 8.09. The Morgan fingerprint density at radius 3 is 2.71 bits per heavy atom. The van der Waals surface area contributed by atoms with Crippen molar-refractivity contribution in [2.24, 2.45) is 5.92 Å². The Kier molecular flexibility index (Phi) is 7.11. The van der Waals surface area contributed by atoms with Crippen LogP contribution in [-0.2, 0) is 47.3 Å². The smallest absolute Gasteiger partial charge is 0.240 e. The molecule has 31 heavy (non-hydrogen) atoms. The Bertz CT molecular complexity index is 994. The van der Waals surface area contributed by atoms with Crippen molar-refractivity contribution in [2.45, 2.75) is 64.1 Å². The van der Waals surface area contributed by atoms with Crippen molar-refractivity contribution in [1.29, 1.82) is 0 Å². The lowest BCUT2D eigenvalue weighted by atomic mass is 9.97. The average molecular weight is 447 g/mol.